The molecule has 3 heterocycles. The maximum absolute atomic E-state index is 11.6. The third-order valence-corrected chi connectivity index (χ3v) is 3.26. The van der Waals surface area contributed by atoms with Crippen molar-refractivity contribution in [3.8, 4) is 5.88 Å². The molecule has 3 aromatic heterocycles. The van der Waals surface area contributed by atoms with Crippen molar-refractivity contribution in [2.24, 2.45) is 0 Å². The number of Topliss-reactive ketones (excluding diaryl/α,β-unsaturated/α-hetero) is 1. The predicted octanol–water partition coefficient (Wildman–Crippen LogP) is 2.32. The van der Waals surface area contributed by atoms with E-state index in [-0.39, 0.29) is 18.3 Å². The topological polar surface area (TPSA) is 73.6 Å². The lowest BCUT2D eigenvalue weighted by molar-refractivity contribution is 0.101. The Morgan fingerprint density at radius 2 is 2.23 bits per heavy atom. The number of imidazole rings is 1. The second-order valence-electron chi connectivity index (χ2n) is 4.77. The highest BCUT2D eigenvalue weighted by atomic mass is 16.5. The van der Waals surface area contributed by atoms with Crippen molar-refractivity contribution in [1.82, 2.24) is 14.4 Å². The van der Waals surface area contributed by atoms with Crippen LogP contribution < -0.4 is 4.74 Å². The number of carbonyl (C=O) groups excluding carboxylic acids is 2. The highest BCUT2D eigenvalue weighted by Crippen LogP contribution is 2.17. The highest BCUT2D eigenvalue weighted by molar-refractivity contribution is 5.94. The van der Waals surface area contributed by atoms with E-state index in [2.05, 4.69) is 9.97 Å². The molecule has 0 spiro atoms. The largest absolute Gasteiger partial charge is 0.472 e. The molecule has 0 aliphatic heterocycles. The molecule has 0 aromatic carbocycles. The summed E-state index contributed by atoms with van der Waals surface area (Å²) in [6.45, 7) is 1.67. The number of ether oxygens (including phenoxy) is 1. The molecular formula is C16H13N3O3. The van der Waals surface area contributed by atoms with E-state index in [9.17, 15) is 9.59 Å². The third-order valence-electron chi connectivity index (χ3n) is 3.26. The summed E-state index contributed by atoms with van der Waals surface area (Å²) in [6.07, 6.45) is 7.40. The van der Waals surface area contributed by atoms with E-state index in [1.807, 2.05) is 0 Å². The van der Waals surface area contributed by atoms with Crippen LogP contribution in [0.25, 0.3) is 5.65 Å². The molecule has 3 rings (SSSR count). The molecule has 0 saturated heterocycles. The molecule has 22 heavy (non-hydrogen) atoms. The SMILES string of the molecule is CC(=O)c1cc(COc2ncccc2C=O)c2nccn2c1. The Labute approximate surface area is 126 Å². The van der Waals surface area contributed by atoms with Gasteiger partial charge in [-0.3, -0.25) is 9.59 Å². The average molecular weight is 295 g/mol. The van der Waals surface area contributed by atoms with Gasteiger partial charge in [0.15, 0.2) is 12.1 Å². The van der Waals surface area contributed by atoms with Gasteiger partial charge >= 0.3 is 0 Å². The van der Waals surface area contributed by atoms with Gasteiger partial charge in [-0.15, -0.1) is 0 Å². The van der Waals surface area contributed by atoms with Crippen molar-refractivity contribution in [3.05, 3.63) is 59.7 Å². The van der Waals surface area contributed by atoms with Crippen LogP contribution in [0.3, 0.4) is 0 Å². The van der Waals surface area contributed by atoms with Crippen molar-refractivity contribution in [2.75, 3.05) is 0 Å². The van der Waals surface area contributed by atoms with Crippen LogP contribution in [-0.2, 0) is 6.61 Å². The summed E-state index contributed by atoms with van der Waals surface area (Å²) in [6, 6.07) is 5.04. The Morgan fingerprint density at radius 1 is 1.36 bits per heavy atom. The minimum atomic E-state index is -0.0386. The quantitative estimate of drug-likeness (QED) is 0.533. The fourth-order valence-electron chi connectivity index (χ4n) is 2.16. The number of pyridine rings is 2. The van der Waals surface area contributed by atoms with Crippen LogP contribution in [0.2, 0.25) is 0 Å². The van der Waals surface area contributed by atoms with E-state index in [4.69, 9.17) is 4.74 Å². The van der Waals surface area contributed by atoms with Crippen LogP contribution in [0, 0.1) is 0 Å². The maximum Gasteiger partial charge on any atom is 0.224 e. The third kappa shape index (κ3) is 2.58. The Balaban J connectivity index is 1.94. The van der Waals surface area contributed by atoms with Gasteiger partial charge < -0.3 is 9.14 Å². The number of rotatable bonds is 5. The number of aldehydes is 1. The maximum atomic E-state index is 11.6. The number of hydrogen-bond acceptors (Lipinski definition) is 5. The van der Waals surface area contributed by atoms with Crippen LogP contribution in [0.5, 0.6) is 5.88 Å². The molecule has 0 bridgehead atoms. The first-order valence-corrected chi connectivity index (χ1v) is 6.68. The zero-order valence-corrected chi connectivity index (χ0v) is 11.9. The van der Waals surface area contributed by atoms with E-state index in [0.717, 1.165) is 5.56 Å². The molecular weight excluding hydrogens is 282 g/mol. The monoisotopic (exact) mass is 295 g/mol. The van der Waals surface area contributed by atoms with Crippen molar-refractivity contribution < 1.29 is 14.3 Å². The summed E-state index contributed by atoms with van der Waals surface area (Å²) in [5, 5.41) is 0. The number of hydrogen-bond donors (Lipinski definition) is 0. The van der Waals surface area contributed by atoms with E-state index in [0.29, 0.717) is 23.1 Å². The van der Waals surface area contributed by atoms with Crippen LogP contribution in [0.15, 0.2) is 43.0 Å². The highest BCUT2D eigenvalue weighted by Gasteiger charge is 2.10. The molecule has 0 radical (unpaired) electrons. The van der Waals surface area contributed by atoms with Crippen LogP contribution in [-0.4, -0.2) is 26.4 Å². The Hall–Kier alpha value is -3.02. The van der Waals surface area contributed by atoms with Gasteiger partial charge in [0.05, 0.1) is 5.56 Å². The first-order valence-electron chi connectivity index (χ1n) is 6.68. The number of carbonyl (C=O) groups is 2. The number of ketones is 1. The molecule has 6 heteroatoms. The van der Waals surface area contributed by atoms with E-state index < -0.39 is 0 Å². The van der Waals surface area contributed by atoms with Gasteiger partial charge in [-0.2, -0.15) is 0 Å². The van der Waals surface area contributed by atoms with Gasteiger partial charge in [0.25, 0.3) is 0 Å². The smallest absolute Gasteiger partial charge is 0.224 e. The summed E-state index contributed by atoms with van der Waals surface area (Å²) in [5.74, 6) is 0.221. The summed E-state index contributed by atoms with van der Waals surface area (Å²) >= 11 is 0. The summed E-state index contributed by atoms with van der Waals surface area (Å²) in [7, 11) is 0. The van der Waals surface area contributed by atoms with Crippen LogP contribution in [0.1, 0.15) is 33.2 Å². The second-order valence-corrected chi connectivity index (χ2v) is 4.77. The molecule has 6 nitrogen and oxygen atoms in total. The zero-order valence-electron chi connectivity index (χ0n) is 11.9. The van der Waals surface area contributed by atoms with Gasteiger partial charge in [-0.1, -0.05) is 0 Å². The average Bonchev–Trinajstić information content (AvgIpc) is 3.01. The first kappa shape index (κ1) is 13.9. The molecule has 0 fully saturated rings. The molecule has 0 aliphatic carbocycles. The standard InChI is InChI=1S/C16H13N3O3/c1-11(21)13-7-14(15-17-5-6-19(15)8-13)10-22-16-12(9-20)3-2-4-18-16/h2-9H,10H2,1H3. The first-order chi connectivity index (χ1) is 10.7. The number of aromatic nitrogens is 3. The zero-order chi connectivity index (χ0) is 15.5. The minimum Gasteiger partial charge on any atom is -0.472 e. The molecule has 0 unspecified atom stereocenters. The fraction of sp³-hybridized carbons (Fsp3) is 0.125. The Kier molecular flexibility index (Phi) is 3.65. The normalized spacial score (nSPS) is 10.6. The van der Waals surface area contributed by atoms with Gasteiger partial charge in [0.1, 0.15) is 12.3 Å². The van der Waals surface area contributed by atoms with Gasteiger partial charge in [0.2, 0.25) is 5.88 Å². The molecule has 0 aliphatic rings. The second kappa shape index (κ2) is 5.77. The van der Waals surface area contributed by atoms with Gasteiger partial charge in [-0.05, 0) is 25.1 Å². The van der Waals surface area contributed by atoms with Crippen LogP contribution in [0.4, 0.5) is 0 Å². The fourth-order valence-corrected chi connectivity index (χ4v) is 2.16. The van der Waals surface area contributed by atoms with Crippen molar-refractivity contribution in [1.29, 1.82) is 0 Å². The molecule has 0 saturated carbocycles. The van der Waals surface area contributed by atoms with Crippen molar-refractivity contribution in [3.63, 3.8) is 0 Å². The summed E-state index contributed by atoms with van der Waals surface area (Å²) in [4.78, 5) is 30.9. The van der Waals surface area contributed by atoms with Crippen molar-refractivity contribution in [2.45, 2.75) is 13.5 Å². The lowest BCUT2D eigenvalue weighted by Crippen LogP contribution is -2.05. The van der Waals surface area contributed by atoms with E-state index in [1.165, 1.54) is 6.92 Å². The molecule has 3 aromatic rings. The van der Waals surface area contributed by atoms with E-state index in [1.54, 1.807) is 47.4 Å². The van der Waals surface area contributed by atoms with E-state index >= 15 is 0 Å². The summed E-state index contributed by atoms with van der Waals surface area (Å²) in [5.41, 5.74) is 2.40. The predicted molar refractivity (Wildman–Crippen MR) is 79.2 cm³/mol. The lowest BCUT2D eigenvalue weighted by Gasteiger charge is -2.09. The summed E-state index contributed by atoms with van der Waals surface area (Å²) < 4.78 is 7.39. The number of fused-ring (bicyclic) bond motifs is 1. The molecule has 110 valence electrons. The van der Waals surface area contributed by atoms with Crippen LogP contribution >= 0.6 is 0 Å². The van der Waals surface area contributed by atoms with Gasteiger partial charge in [0, 0.05) is 35.9 Å². The Morgan fingerprint density at radius 3 is 3.00 bits per heavy atom. The van der Waals surface area contributed by atoms with Gasteiger partial charge in [-0.25, -0.2) is 9.97 Å². The number of nitrogens with zero attached hydrogens (tertiary/aromatic N) is 3. The molecule has 0 atom stereocenters. The molecule has 0 N–H and O–H groups in total. The minimum absolute atomic E-state index is 0.0386. The lowest BCUT2D eigenvalue weighted by atomic mass is 10.1. The molecule has 0 amide bonds. The Bertz CT molecular complexity index is 855. The van der Waals surface area contributed by atoms with Crippen molar-refractivity contribution >= 4 is 17.7 Å².